The number of likely N-dealkylation sites (N-methyl/N-ethyl adjacent to an activating group) is 1. The Labute approximate surface area is 154 Å². The summed E-state index contributed by atoms with van der Waals surface area (Å²) in [7, 11) is 3.18. The van der Waals surface area contributed by atoms with Crippen molar-refractivity contribution in [3.05, 3.63) is 65.2 Å². The average molecular weight is 352 g/mol. The third-order valence-electron chi connectivity index (χ3n) is 3.97. The first-order valence-electron chi connectivity index (χ1n) is 8.34. The zero-order valence-electron chi connectivity index (χ0n) is 15.6. The van der Waals surface area contributed by atoms with Gasteiger partial charge in [-0.05, 0) is 43.2 Å². The maximum Gasteiger partial charge on any atom is 0.246 e. The van der Waals surface area contributed by atoms with Gasteiger partial charge >= 0.3 is 0 Å². The Kier molecular flexibility index (Phi) is 6.55. The molecule has 2 amide bonds. The Morgan fingerprint density at radius 1 is 1.15 bits per heavy atom. The van der Waals surface area contributed by atoms with E-state index in [-0.39, 0.29) is 18.4 Å². The largest absolute Gasteiger partial charge is 0.496 e. The topological polar surface area (TPSA) is 58.6 Å². The maximum absolute atomic E-state index is 12.2. The lowest BCUT2D eigenvalue weighted by molar-refractivity contribution is -0.129. The highest BCUT2D eigenvalue weighted by Crippen LogP contribution is 2.19. The number of aryl methyl sites for hydroxylation is 2. The molecule has 0 radical (unpaired) electrons. The van der Waals surface area contributed by atoms with Crippen LogP contribution < -0.4 is 10.1 Å². The number of amides is 2. The van der Waals surface area contributed by atoms with Crippen molar-refractivity contribution in [2.45, 2.75) is 13.8 Å². The van der Waals surface area contributed by atoms with E-state index in [0.29, 0.717) is 5.75 Å². The molecule has 0 atom stereocenters. The van der Waals surface area contributed by atoms with Gasteiger partial charge in [-0.3, -0.25) is 9.59 Å². The molecule has 2 aromatic carbocycles. The summed E-state index contributed by atoms with van der Waals surface area (Å²) in [4.78, 5) is 25.8. The normalized spacial score (nSPS) is 10.6. The van der Waals surface area contributed by atoms with E-state index in [0.717, 1.165) is 22.4 Å². The Balaban J connectivity index is 1.97. The van der Waals surface area contributed by atoms with Crippen LogP contribution in [0.3, 0.4) is 0 Å². The number of anilines is 1. The molecular formula is C21H24N2O3. The van der Waals surface area contributed by atoms with Crippen LogP contribution in [-0.4, -0.2) is 37.4 Å². The van der Waals surface area contributed by atoms with E-state index in [1.165, 1.54) is 11.0 Å². The lowest BCUT2D eigenvalue weighted by Gasteiger charge is -2.16. The average Bonchev–Trinajstić information content (AvgIpc) is 2.62. The number of para-hydroxylation sites is 1. The number of methoxy groups -OCH3 is 1. The third kappa shape index (κ3) is 5.21. The molecule has 1 N–H and O–H groups in total. The quantitative estimate of drug-likeness (QED) is 0.811. The van der Waals surface area contributed by atoms with Gasteiger partial charge in [0.1, 0.15) is 5.75 Å². The van der Waals surface area contributed by atoms with Crippen LogP contribution in [0.15, 0.2) is 48.5 Å². The zero-order valence-corrected chi connectivity index (χ0v) is 15.6. The fourth-order valence-corrected chi connectivity index (χ4v) is 2.45. The van der Waals surface area contributed by atoms with Gasteiger partial charge in [0.15, 0.2) is 0 Å². The van der Waals surface area contributed by atoms with Crippen molar-refractivity contribution in [1.29, 1.82) is 0 Å². The van der Waals surface area contributed by atoms with E-state index >= 15 is 0 Å². The van der Waals surface area contributed by atoms with Crippen LogP contribution in [0.1, 0.15) is 16.7 Å². The number of nitrogens with zero attached hydrogens (tertiary/aromatic N) is 1. The Hall–Kier alpha value is -3.08. The summed E-state index contributed by atoms with van der Waals surface area (Å²) < 4.78 is 5.25. The summed E-state index contributed by atoms with van der Waals surface area (Å²) in [5.41, 5.74) is 3.61. The lowest BCUT2D eigenvalue weighted by Crippen LogP contribution is -2.34. The minimum absolute atomic E-state index is 0.0253. The standard InChI is InChI=1S/C21H24N2O3/c1-15-9-10-16(2)18(13-15)22-20(24)14-23(3)21(25)12-11-17-7-5-6-8-19(17)26-4/h5-13H,14H2,1-4H3,(H,22,24). The predicted octanol–water partition coefficient (Wildman–Crippen LogP) is 3.42. The minimum Gasteiger partial charge on any atom is -0.496 e. The SMILES string of the molecule is COc1ccccc1C=CC(=O)N(C)CC(=O)Nc1cc(C)ccc1C. The Morgan fingerprint density at radius 3 is 2.62 bits per heavy atom. The number of carbonyl (C=O) groups is 2. The highest BCUT2D eigenvalue weighted by molar-refractivity contribution is 5.98. The summed E-state index contributed by atoms with van der Waals surface area (Å²) in [6, 6.07) is 13.3. The second-order valence-corrected chi connectivity index (χ2v) is 6.14. The Bertz CT molecular complexity index is 828. The number of ether oxygens (including phenoxy) is 1. The van der Waals surface area contributed by atoms with Crippen molar-refractivity contribution >= 4 is 23.6 Å². The number of hydrogen-bond donors (Lipinski definition) is 1. The fraction of sp³-hybridized carbons (Fsp3) is 0.238. The van der Waals surface area contributed by atoms with Crippen LogP contribution in [0.25, 0.3) is 6.08 Å². The van der Waals surface area contributed by atoms with Gasteiger partial charge in [0.05, 0.1) is 13.7 Å². The molecule has 5 heteroatoms. The molecule has 0 heterocycles. The number of hydrogen-bond acceptors (Lipinski definition) is 3. The molecule has 0 bridgehead atoms. The van der Waals surface area contributed by atoms with Crippen molar-refractivity contribution in [1.82, 2.24) is 4.90 Å². The van der Waals surface area contributed by atoms with E-state index in [1.54, 1.807) is 20.2 Å². The van der Waals surface area contributed by atoms with Gasteiger partial charge in [-0.2, -0.15) is 0 Å². The first-order chi connectivity index (χ1) is 12.4. The molecule has 136 valence electrons. The highest BCUT2D eigenvalue weighted by Gasteiger charge is 2.12. The van der Waals surface area contributed by atoms with Gasteiger partial charge < -0.3 is 15.0 Å². The Morgan fingerprint density at radius 2 is 1.88 bits per heavy atom. The number of benzene rings is 2. The van der Waals surface area contributed by atoms with Crippen molar-refractivity contribution < 1.29 is 14.3 Å². The summed E-state index contributed by atoms with van der Waals surface area (Å²) in [6.45, 7) is 3.87. The van der Waals surface area contributed by atoms with Crippen LogP contribution in [0.5, 0.6) is 5.75 Å². The summed E-state index contributed by atoms with van der Waals surface area (Å²) >= 11 is 0. The van der Waals surface area contributed by atoms with Gasteiger partial charge in [0, 0.05) is 24.4 Å². The van der Waals surface area contributed by atoms with Gasteiger partial charge in [0.25, 0.3) is 0 Å². The number of carbonyl (C=O) groups excluding carboxylic acids is 2. The van der Waals surface area contributed by atoms with Crippen molar-refractivity contribution in [2.24, 2.45) is 0 Å². The molecule has 5 nitrogen and oxygen atoms in total. The highest BCUT2D eigenvalue weighted by atomic mass is 16.5. The van der Waals surface area contributed by atoms with Crippen LogP contribution in [0.4, 0.5) is 5.69 Å². The first-order valence-corrected chi connectivity index (χ1v) is 8.34. The smallest absolute Gasteiger partial charge is 0.246 e. The number of rotatable bonds is 6. The molecular weight excluding hydrogens is 328 g/mol. The number of nitrogens with one attached hydrogen (secondary N) is 1. The van der Waals surface area contributed by atoms with Crippen molar-refractivity contribution in [3.8, 4) is 5.75 Å². The molecule has 0 aliphatic rings. The van der Waals surface area contributed by atoms with Gasteiger partial charge in [-0.25, -0.2) is 0 Å². The van der Waals surface area contributed by atoms with E-state index in [9.17, 15) is 9.59 Å². The van der Waals surface area contributed by atoms with Crippen LogP contribution >= 0.6 is 0 Å². The lowest BCUT2D eigenvalue weighted by atomic mass is 10.1. The summed E-state index contributed by atoms with van der Waals surface area (Å²) in [5.74, 6) is 0.194. The summed E-state index contributed by atoms with van der Waals surface area (Å²) in [5, 5.41) is 2.85. The van der Waals surface area contributed by atoms with E-state index in [1.807, 2.05) is 56.3 Å². The van der Waals surface area contributed by atoms with Crippen LogP contribution in [0.2, 0.25) is 0 Å². The maximum atomic E-state index is 12.2. The first kappa shape index (κ1) is 19.2. The monoisotopic (exact) mass is 352 g/mol. The molecule has 0 aliphatic heterocycles. The fourth-order valence-electron chi connectivity index (χ4n) is 2.45. The molecule has 0 saturated heterocycles. The van der Waals surface area contributed by atoms with Crippen molar-refractivity contribution in [3.63, 3.8) is 0 Å². The third-order valence-corrected chi connectivity index (χ3v) is 3.97. The van der Waals surface area contributed by atoms with E-state index in [4.69, 9.17) is 4.74 Å². The minimum atomic E-state index is -0.257. The molecule has 0 spiro atoms. The van der Waals surface area contributed by atoms with E-state index < -0.39 is 0 Å². The van der Waals surface area contributed by atoms with Gasteiger partial charge in [-0.1, -0.05) is 30.3 Å². The molecule has 2 aromatic rings. The van der Waals surface area contributed by atoms with E-state index in [2.05, 4.69) is 5.32 Å². The molecule has 0 fully saturated rings. The van der Waals surface area contributed by atoms with Crippen LogP contribution in [-0.2, 0) is 9.59 Å². The zero-order chi connectivity index (χ0) is 19.1. The second kappa shape index (κ2) is 8.85. The molecule has 26 heavy (non-hydrogen) atoms. The van der Waals surface area contributed by atoms with Gasteiger partial charge in [0.2, 0.25) is 11.8 Å². The van der Waals surface area contributed by atoms with Crippen molar-refractivity contribution in [2.75, 3.05) is 26.0 Å². The molecule has 0 unspecified atom stereocenters. The molecule has 0 aromatic heterocycles. The van der Waals surface area contributed by atoms with Gasteiger partial charge in [-0.15, -0.1) is 0 Å². The predicted molar refractivity (Wildman–Crippen MR) is 104 cm³/mol. The second-order valence-electron chi connectivity index (χ2n) is 6.14. The molecule has 0 saturated carbocycles. The summed E-state index contributed by atoms with van der Waals surface area (Å²) in [6.07, 6.45) is 3.11. The van der Waals surface area contributed by atoms with Crippen LogP contribution in [0, 0.1) is 13.8 Å². The molecule has 0 aliphatic carbocycles. The molecule has 2 rings (SSSR count).